The molecule has 0 aromatic heterocycles. The van der Waals surface area contributed by atoms with Gasteiger partial charge in [-0.25, -0.2) is 0 Å². The molecular formula is C24H24N2O4. The highest BCUT2D eigenvalue weighted by molar-refractivity contribution is 5.99. The molecule has 0 aliphatic rings. The van der Waals surface area contributed by atoms with E-state index in [0.29, 0.717) is 12.1 Å². The fraction of sp³-hybridized carbons (Fsp3) is 0.208. The van der Waals surface area contributed by atoms with E-state index in [0.717, 1.165) is 16.3 Å². The lowest BCUT2D eigenvalue weighted by Gasteiger charge is -2.13. The van der Waals surface area contributed by atoms with Crippen molar-refractivity contribution in [1.29, 1.82) is 0 Å². The summed E-state index contributed by atoms with van der Waals surface area (Å²) in [6.07, 6.45) is 0. The molecule has 3 rings (SSSR count). The molecule has 6 nitrogen and oxygen atoms in total. The summed E-state index contributed by atoms with van der Waals surface area (Å²) in [6.45, 7) is 1.76. The van der Waals surface area contributed by atoms with Crippen LogP contribution in [0.1, 0.15) is 28.8 Å². The minimum absolute atomic E-state index is 0.145. The first-order valence-corrected chi connectivity index (χ1v) is 9.77. The molecule has 2 N–H and O–H groups in total. The summed E-state index contributed by atoms with van der Waals surface area (Å²) in [7, 11) is 0. The zero-order chi connectivity index (χ0) is 21.3. The third-order valence-electron chi connectivity index (χ3n) is 4.74. The predicted octanol–water partition coefficient (Wildman–Crippen LogP) is 3.03. The van der Waals surface area contributed by atoms with Gasteiger partial charge in [0, 0.05) is 12.1 Å². The Balaban J connectivity index is 1.38. The summed E-state index contributed by atoms with van der Waals surface area (Å²) in [5, 5.41) is 7.22. The van der Waals surface area contributed by atoms with Gasteiger partial charge in [0.25, 0.3) is 11.8 Å². The highest BCUT2D eigenvalue weighted by atomic mass is 16.5. The minimum atomic E-state index is -0.671. The first kappa shape index (κ1) is 21.0. The van der Waals surface area contributed by atoms with Gasteiger partial charge in [-0.15, -0.1) is 0 Å². The number of carbonyl (C=O) groups is 3. The quantitative estimate of drug-likeness (QED) is 0.565. The number of carbonyl (C=O) groups excluding carboxylic acids is 3. The fourth-order valence-corrected chi connectivity index (χ4v) is 3.00. The van der Waals surface area contributed by atoms with Crippen LogP contribution in [0.2, 0.25) is 0 Å². The van der Waals surface area contributed by atoms with Crippen LogP contribution in [0.5, 0.6) is 0 Å². The summed E-state index contributed by atoms with van der Waals surface area (Å²) in [6, 6.07) is 22.8. The van der Waals surface area contributed by atoms with E-state index < -0.39 is 5.97 Å². The molecule has 0 bridgehead atoms. The SMILES string of the molecule is C[C@H](CNC(=O)COC(=O)CNC(=O)c1ccc2ccccc2c1)c1ccccc1. The van der Waals surface area contributed by atoms with Crippen molar-refractivity contribution in [3.8, 4) is 0 Å². The third kappa shape index (κ3) is 5.91. The summed E-state index contributed by atoms with van der Waals surface area (Å²) in [5.41, 5.74) is 1.57. The molecule has 0 saturated carbocycles. The third-order valence-corrected chi connectivity index (χ3v) is 4.74. The minimum Gasteiger partial charge on any atom is -0.454 e. The van der Waals surface area contributed by atoms with E-state index >= 15 is 0 Å². The van der Waals surface area contributed by atoms with Crippen molar-refractivity contribution in [3.63, 3.8) is 0 Å². The van der Waals surface area contributed by atoms with Gasteiger partial charge in [-0.2, -0.15) is 0 Å². The van der Waals surface area contributed by atoms with E-state index in [-0.39, 0.29) is 30.9 Å². The van der Waals surface area contributed by atoms with Crippen LogP contribution in [0, 0.1) is 0 Å². The Morgan fingerprint density at radius 3 is 2.33 bits per heavy atom. The molecule has 3 aromatic rings. The van der Waals surface area contributed by atoms with Gasteiger partial charge in [0.05, 0.1) is 0 Å². The lowest BCUT2D eigenvalue weighted by atomic mass is 10.0. The maximum atomic E-state index is 12.2. The first-order valence-electron chi connectivity index (χ1n) is 9.77. The second kappa shape index (κ2) is 10.2. The molecule has 154 valence electrons. The maximum absolute atomic E-state index is 12.2. The van der Waals surface area contributed by atoms with Crippen molar-refractivity contribution in [2.45, 2.75) is 12.8 Å². The number of hydrogen-bond acceptors (Lipinski definition) is 4. The van der Waals surface area contributed by atoms with Gasteiger partial charge in [0.2, 0.25) is 0 Å². The Kier molecular flexibility index (Phi) is 7.16. The summed E-state index contributed by atoms with van der Waals surface area (Å²) < 4.78 is 4.93. The molecule has 0 saturated heterocycles. The van der Waals surface area contributed by atoms with E-state index in [1.54, 1.807) is 12.1 Å². The maximum Gasteiger partial charge on any atom is 0.325 e. The molecule has 1 atom stereocenters. The van der Waals surface area contributed by atoms with E-state index in [9.17, 15) is 14.4 Å². The fourth-order valence-electron chi connectivity index (χ4n) is 3.00. The van der Waals surface area contributed by atoms with Gasteiger partial charge < -0.3 is 15.4 Å². The van der Waals surface area contributed by atoms with E-state index in [4.69, 9.17) is 4.74 Å². The average molecular weight is 404 g/mol. The Hall–Kier alpha value is -3.67. The molecule has 0 radical (unpaired) electrons. The summed E-state index contributed by atoms with van der Waals surface area (Å²) in [4.78, 5) is 36.0. The van der Waals surface area contributed by atoms with Gasteiger partial charge in [-0.05, 0) is 34.4 Å². The van der Waals surface area contributed by atoms with Crippen LogP contribution in [0.25, 0.3) is 10.8 Å². The predicted molar refractivity (Wildman–Crippen MR) is 115 cm³/mol. The van der Waals surface area contributed by atoms with Crippen molar-refractivity contribution in [3.05, 3.63) is 83.9 Å². The van der Waals surface area contributed by atoms with E-state index in [2.05, 4.69) is 10.6 Å². The monoisotopic (exact) mass is 404 g/mol. The highest BCUT2D eigenvalue weighted by Crippen LogP contribution is 2.15. The molecule has 30 heavy (non-hydrogen) atoms. The number of amides is 2. The number of ether oxygens (including phenoxy) is 1. The molecule has 2 amide bonds. The topological polar surface area (TPSA) is 84.5 Å². The van der Waals surface area contributed by atoms with Crippen LogP contribution in [-0.2, 0) is 14.3 Å². The molecule has 0 aliphatic heterocycles. The lowest BCUT2D eigenvalue weighted by Crippen LogP contribution is -2.35. The standard InChI is InChI=1S/C24H24N2O4/c1-17(18-7-3-2-4-8-18)14-25-22(27)16-30-23(28)15-26-24(29)21-12-11-19-9-5-6-10-20(19)13-21/h2-13,17H,14-16H2,1H3,(H,25,27)(H,26,29)/t17-/m1/s1. The Morgan fingerprint density at radius 2 is 1.57 bits per heavy atom. The van der Waals surface area contributed by atoms with Crippen LogP contribution in [-0.4, -0.2) is 37.5 Å². The summed E-state index contributed by atoms with van der Waals surface area (Å²) in [5.74, 6) is -1.28. The van der Waals surface area contributed by atoms with Crippen LogP contribution in [0.4, 0.5) is 0 Å². The van der Waals surface area contributed by atoms with Gasteiger partial charge in [0.1, 0.15) is 6.54 Å². The molecule has 3 aromatic carbocycles. The number of nitrogens with one attached hydrogen (secondary N) is 2. The second-order valence-corrected chi connectivity index (χ2v) is 7.02. The Morgan fingerprint density at radius 1 is 0.867 bits per heavy atom. The molecule has 0 spiro atoms. The second-order valence-electron chi connectivity index (χ2n) is 7.02. The van der Waals surface area contributed by atoms with Crippen molar-refractivity contribution in [1.82, 2.24) is 10.6 Å². The van der Waals surface area contributed by atoms with Crippen LogP contribution < -0.4 is 10.6 Å². The van der Waals surface area contributed by atoms with Crippen molar-refractivity contribution < 1.29 is 19.1 Å². The first-order chi connectivity index (χ1) is 14.5. The van der Waals surface area contributed by atoms with Gasteiger partial charge in [-0.3, -0.25) is 14.4 Å². The summed E-state index contributed by atoms with van der Waals surface area (Å²) >= 11 is 0. The largest absolute Gasteiger partial charge is 0.454 e. The number of rotatable bonds is 8. The smallest absolute Gasteiger partial charge is 0.325 e. The Bertz CT molecular complexity index is 1030. The zero-order valence-electron chi connectivity index (χ0n) is 16.8. The lowest BCUT2D eigenvalue weighted by molar-refractivity contribution is -0.147. The number of hydrogen-bond donors (Lipinski definition) is 2. The van der Waals surface area contributed by atoms with Crippen LogP contribution in [0.3, 0.4) is 0 Å². The number of fused-ring (bicyclic) bond motifs is 1. The molecule has 0 fully saturated rings. The average Bonchev–Trinajstić information content (AvgIpc) is 2.79. The number of esters is 1. The van der Waals surface area contributed by atoms with E-state index in [1.165, 1.54) is 0 Å². The van der Waals surface area contributed by atoms with Gasteiger partial charge >= 0.3 is 5.97 Å². The normalized spacial score (nSPS) is 11.5. The van der Waals surface area contributed by atoms with Gasteiger partial charge in [0.15, 0.2) is 6.61 Å². The highest BCUT2D eigenvalue weighted by Gasteiger charge is 2.12. The van der Waals surface area contributed by atoms with Crippen LogP contribution in [0.15, 0.2) is 72.8 Å². The molecule has 0 aliphatic carbocycles. The van der Waals surface area contributed by atoms with Crippen molar-refractivity contribution in [2.24, 2.45) is 0 Å². The van der Waals surface area contributed by atoms with E-state index in [1.807, 2.05) is 67.6 Å². The molecule has 0 unspecified atom stereocenters. The van der Waals surface area contributed by atoms with Gasteiger partial charge in [-0.1, -0.05) is 67.6 Å². The zero-order valence-corrected chi connectivity index (χ0v) is 16.8. The van der Waals surface area contributed by atoms with Crippen molar-refractivity contribution in [2.75, 3.05) is 19.7 Å². The molecular weight excluding hydrogens is 380 g/mol. The Labute approximate surface area is 175 Å². The van der Waals surface area contributed by atoms with Crippen LogP contribution >= 0.6 is 0 Å². The molecule has 6 heteroatoms. The number of benzene rings is 3. The molecule has 0 heterocycles. The van der Waals surface area contributed by atoms with Crippen molar-refractivity contribution >= 4 is 28.6 Å².